The van der Waals surface area contributed by atoms with E-state index >= 15 is 0 Å². The molecule has 0 saturated carbocycles. The highest BCUT2D eigenvalue weighted by Gasteiger charge is 2.18. The highest BCUT2D eigenvalue weighted by Crippen LogP contribution is 2.21. The van der Waals surface area contributed by atoms with Crippen molar-refractivity contribution < 1.29 is 0 Å². The van der Waals surface area contributed by atoms with Gasteiger partial charge >= 0.3 is 0 Å². The van der Waals surface area contributed by atoms with Gasteiger partial charge in [0, 0.05) is 25.9 Å². The Morgan fingerprint density at radius 1 is 1.44 bits per heavy atom. The van der Waals surface area contributed by atoms with Crippen molar-refractivity contribution in [2.45, 2.75) is 19.4 Å². The summed E-state index contributed by atoms with van der Waals surface area (Å²) >= 11 is 0. The van der Waals surface area contributed by atoms with Crippen molar-refractivity contribution in [3.63, 3.8) is 0 Å². The lowest BCUT2D eigenvalue weighted by Gasteiger charge is -2.10. The van der Waals surface area contributed by atoms with Gasteiger partial charge in [-0.1, -0.05) is 12.1 Å². The fraction of sp³-hybridized carbons (Fsp3) is 0.500. The van der Waals surface area contributed by atoms with Crippen molar-refractivity contribution in [1.29, 1.82) is 0 Å². The van der Waals surface area contributed by atoms with Crippen LogP contribution in [-0.2, 0) is 20.5 Å². The van der Waals surface area contributed by atoms with E-state index in [4.69, 9.17) is 5.73 Å². The third-order valence-corrected chi connectivity index (χ3v) is 2.68. The van der Waals surface area contributed by atoms with E-state index in [0.29, 0.717) is 0 Å². The molecule has 6 heteroatoms. The Balaban J connectivity index is 2.40. The van der Waals surface area contributed by atoms with E-state index in [1.807, 2.05) is 20.3 Å². The lowest BCUT2D eigenvalue weighted by Crippen LogP contribution is -2.16. The van der Waals surface area contributed by atoms with E-state index in [0.717, 1.165) is 23.4 Å². The molecule has 0 aliphatic carbocycles. The molecule has 1 atom stereocenters. The first-order chi connectivity index (χ1) is 7.63. The molecule has 0 spiro atoms. The summed E-state index contributed by atoms with van der Waals surface area (Å²) in [7, 11) is 3.74. The van der Waals surface area contributed by atoms with Crippen molar-refractivity contribution in [3.05, 3.63) is 29.3 Å². The van der Waals surface area contributed by atoms with Gasteiger partial charge in [0.15, 0.2) is 0 Å². The summed E-state index contributed by atoms with van der Waals surface area (Å²) in [6.45, 7) is 2.07. The Bertz CT molecular complexity index is 483. The number of aryl methyl sites for hydroxylation is 3. The van der Waals surface area contributed by atoms with Gasteiger partial charge in [-0.15, -0.1) is 5.10 Å². The van der Waals surface area contributed by atoms with Gasteiger partial charge in [-0.05, 0) is 6.42 Å². The predicted octanol–water partition coefficient (Wildman–Crippen LogP) is 0.159. The molecule has 2 aromatic heterocycles. The van der Waals surface area contributed by atoms with Crippen LogP contribution in [0.15, 0.2) is 12.4 Å². The summed E-state index contributed by atoms with van der Waals surface area (Å²) in [6.07, 6.45) is 4.52. The lowest BCUT2D eigenvalue weighted by atomic mass is 10.0. The van der Waals surface area contributed by atoms with Gasteiger partial charge in [-0.3, -0.25) is 9.36 Å². The van der Waals surface area contributed by atoms with Gasteiger partial charge in [-0.2, -0.15) is 5.10 Å². The molecule has 0 fully saturated rings. The highest BCUT2D eigenvalue weighted by atomic mass is 15.4. The van der Waals surface area contributed by atoms with Gasteiger partial charge in [0.05, 0.1) is 23.6 Å². The summed E-state index contributed by atoms with van der Waals surface area (Å²) in [5, 5.41) is 12.1. The average Bonchev–Trinajstić information content (AvgIpc) is 2.83. The highest BCUT2D eigenvalue weighted by molar-refractivity contribution is 5.28. The van der Waals surface area contributed by atoms with Crippen LogP contribution in [0, 0.1) is 0 Å². The molecule has 16 heavy (non-hydrogen) atoms. The second-order valence-corrected chi connectivity index (χ2v) is 3.82. The number of hydrogen-bond acceptors (Lipinski definition) is 4. The second-order valence-electron chi connectivity index (χ2n) is 3.82. The first-order valence-electron chi connectivity index (χ1n) is 5.26. The Hall–Kier alpha value is -1.69. The Labute approximate surface area is 94.1 Å². The standard InChI is InChI=1S/C10H16N6/c1-4-8-7(6-15(2)13-8)10(11)9-5-12-14-16(9)3/h5-6,10H,4,11H2,1-3H3. The first kappa shape index (κ1) is 10.8. The predicted molar refractivity (Wildman–Crippen MR) is 59.6 cm³/mol. The maximum Gasteiger partial charge on any atom is 0.0797 e. The van der Waals surface area contributed by atoms with Crippen LogP contribution in [0.4, 0.5) is 0 Å². The van der Waals surface area contributed by atoms with Gasteiger partial charge in [0.1, 0.15) is 0 Å². The molecular weight excluding hydrogens is 204 g/mol. The average molecular weight is 220 g/mol. The zero-order valence-electron chi connectivity index (χ0n) is 9.75. The third kappa shape index (κ3) is 1.71. The quantitative estimate of drug-likeness (QED) is 0.799. The molecule has 6 nitrogen and oxygen atoms in total. The van der Waals surface area contributed by atoms with Crippen LogP contribution in [0.1, 0.15) is 29.9 Å². The molecule has 0 radical (unpaired) electrons. The summed E-state index contributed by atoms with van der Waals surface area (Å²) in [5.41, 5.74) is 9.15. The molecule has 86 valence electrons. The van der Waals surface area contributed by atoms with Crippen molar-refractivity contribution in [1.82, 2.24) is 24.8 Å². The second kappa shape index (κ2) is 4.05. The molecule has 0 aromatic carbocycles. The smallest absolute Gasteiger partial charge is 0.0797 e. The van der Waals surface area contributed by atoms with Gasteiger partial charge in [-0.25, -0.2) is 0 Å². The maximum atomic E-state index is 6.20. The largest absolute Gasteiger partial charge is 0.319 e. The summed E-state index contributed by atoms with van der Waals surface area (Å²) < 4.78 is 3.48. The fourth-order valence-electron chi connectivity index (χ4n) is 1.83. The minimum Gasteiger partial charge on any atom is -0.319 e. The van der Waals surface area contributed by atoms with Crippen LogP contribution < -0.4 is 5.73 Å². The minimum absolute atomic E-state index is 0.219. The SMILES string of the molecule is CCc1nn(C)cc1C(N)c1cnnn1C. The molecule has 1 unspecified atom stereocenters. The molecule has 0 aliphatic rings. The normalized spacial score (nSPS) is 13.0. The van der Waals surface area contributed by atoms with Crippen molar-refractivity contribution in [2.24, 2.45) is 19.8 Å². The zero-order chi connectivity index (χ0) is 11.7. The van der Waals surface area contributed by atoms with E-state index in [1.165, 1.54) is 0 Å². The van der Waals surface area contributed by atoms with Crippen LogP contribution in [-0.4, -0.2) is 24.8 Å². The third-order valence-electron chi connectivity index (χ3n) is 2.68. The molecule has 2 rings (SSSR count). The first-order valence-corrected chi connectivity index (χ1v) is 5.26. The van der Waals surface area contributed by atoms with Crippen LogP contribution in [0.3, 0.4) is 0 Å². The summed E-state index contributed by atoms with van der Waals surface area (Å²) in [4.78, 5) is 0. The minimum atomic E-state index is -0.219. The molecule has 2 aromatic rings. The molecule has 0 bridgehead atoms. The van der Waals surface area contributed by atoms with Crippen LogP contribution in [0.5, 0.6) is 0 Å². The molecule has 0 saturated heterocycles. The summed E-state index contributed by atoms with van der Waals surface area (Å²) in [6, 6.07) is -0.219. The van der Waals surface area contributed by atoms with Crippen molar-refractivity contribution in [3.8, 4) is 0 Å². The summed E-state index contributed by atoms with van der Waals surface area (Å²) in [5.74, 6) is 0. The van der Waals surface area contributed by atoms with E-state index in [-0.39, 0.29) is 6.04 Å². The number of hydrogen-bond donors (Lipinski definition) is 1. The van der Waals surface area contributed by atoms with Gasteiger partial charge in [0.2, 0.25) is 0 Å². The van der Waals surface area contributed by atoms with Crippen LogP contribution in [0.2, 0.25) is 0 Å². The monoisotopic (exact) mass is 220 g/mol. The zero-order valence-corrected chi connectivity index (χ0v) is 9.75. The Morgan fingerprint density at radius 2 is 2.19 bits per heavy atom. The number of aromatic nitrogens is 5. The van der Waals surface area contributed by atoms with Crippen LogP contribution >= 0.6 is 0 Å². The number of rotatable bonds is 3. The van der Waals surface area contributed by atoms with Gasteiger partial charge < -0.3 is 5.73 Å². The lowest BCUT2D eigenvalue weighted by molar-refractivity contribution is 0.649. The van der Waals surface area contributed by atoms with Crippen molar-refractivity contribution in [2.75, 3.05) is 0 Å². The fourth-order valence-corrected chi connectivity index (χ4v) is 1.83. The van der Waals surface area contributed by atoms with E-state index in [9.17, 15) is 0 Å². The molecule has 2 heterocycles. The maximum absolute atomic E-state index is 6.20. The topological polar surface area (TPSA) is 74.6 Å². The van der Waals surface area contributed by atoms with E-state index in [2.05, 4.69) is 22.3 Å². The Kier molecular flexibility index (Phi) is 2.74. The molecule has 0 amide bonds. The Morgan fingerprint density at radius 3 is 2.75 bits per heavy atom. The van der Waals surface area contributed by atoms with Crippen LogP contribution in [0.25, 0.3) is 0 Å². The van der Waals surface area contributed by atoms with E-state index < -0.39 is 0 Å². The molecule has 2 N–H and O–H groups in total. The van der Waals surface area contributed by atoms with Gasteiger partial charge in [0.25, 0.3) is 0 Å². The van der Waals surface area contributed by atoms with Crippen molar-refractivity contribution >= 4 is 0 Å². The number of nitrogens with two attached hydrogens (primary N) is 1. The number of nitrogens with zero attached hydrogens (tertiary/aromatic N) is 5. The molecule has 0 aliphatic heterocycles. The molecular formula is C10H16N6. The van der Waals surface area contributed by atoms with E-state index in [1.54, 1.807) is 15.6 Å².